The number of piperazine rings is 1. The molecule has 1 saturated carbocycles. The summed E-state index contributed by atoms with van der Waals surface area (Å²) >= 11 is 0. The Balaban J connectivity index is 1.70. The fourth-order valence-electron chi connectivity index (χ4n) is 3.94. The van der Waals surface area contributed by atoms with Crippen molar-refractivity contribution in [3.8, 4) is 0 Å². The van der Waals surface area contributed by atoms with Crippen molar-refractivity contribution in [2.45, 2.75) is 57.9 Å². The quantitative estimate of drug-likeness (QED) is 0.902. The summed E-state index contributed by atoms with van der Waals surface area (Å²) in [5.41, 5.74) is 0.156. The molecule has 0 radical (unpaired) electrons. The predicted molar refractivity (Wildman–Crippen MR) is 82.0 cm³/mol. The van der Waals surface area contributed by atoms with E-state index in [1.165, 1.54) is 32.1 Å². The van der Waals surface area contributed by atoms with E-state index in [1.54, 1.807) is 0 Å². The first-order valence-corrected chi connectivity index (χ1v) is 8.44. The number of aromatic nitrogens is 2. The lowest BCUT2D eigenvalue weighted by atomic mass is 9.78. The van der Waals surface area contributed by atoms with Gasteiger partial charge in [0.25, 0.3) is 0 Å². The van der Waals surface area contributed by atoms with Gasteiger partial charge in [-0.15, -0.1) is 0 Å². The topological polar surface area (TPSA) is 54.2 Å². The van der Waals surface area contributed by atoms with E-state index in [0.29, 0.717) is 5.92 Å². The first kappa shape index (κ1) is 15.0. The van der Waals surface area contributed by atoms with Gasteiger partial charge in [0.05, 0.1) is 6.54 Å². The first-order chi connectivity index (χ1) is 10.2. The molecule has 1 aliphatic heterocycles. The van der Waals surface area contributed by atoms with Crippen LogP contribution in [-0.2, 0) is 12.0 Å². The average Bonchev–Trinajstić information content (AvgIpc) is 3.09. The predicted octanol–water partition coefficient (Wildman–Crippen LogP) is 2.33. The van der Waals surface area contributed by atoms with Crippen LogP contribution >= 0.6 is 0 Å². The number of rotatable bonds is 5. The molecule has 0 bridgehead atoms. The Bertz CT molecular complexity index is 445. The molecule has 1 aromatic heterocycles. The van der Waals surface area contributed by atoms with E-state index in [-0.39, 0.29) is 5.41 Å². The van der Waals surface area contributed by atoms with Crippen LogP contribution in [0.3, 0.4) is 0 Å². The van der Waals surface area contributed by atoms with Crippen LogP contribution in [0.2, 0.25) is 0 Å². The van der Waals surface area contributed by atoms with Gasteiger partial charge < -0.3 is 9.84 Å². The third-order valence-corrected chi connectivity index (χ3v) is 4.86. The maximum atomic E-state index is 5.69. The fraction of sp³-hybridized carbons (Fsp3) is 0.875. The Labute approximate surface area is 127 Å². The van der Waals surface area contributed by atoms with E-state index in [9.17, 15) is 0 Å². The van der Waals surface area contributed by atoms with Gasteiger partial charge in [0.15, 0.2) is 5.82 Å². The molecule has 0 amide bonds. The second-order valence-corrected chi connectivity index (χ2v) is 7.13. The van der Waals surface area contributed by atoms with E-state index in [2.05, 4.69) is 29.2 Å². The lowest BCUT2D eigenvalue weighted by Crippen LogP contribution is -2.43. The first-order valence-electron chi connectivity index (χ1n) is 8.44. The Kier molecular flexibility index (Phi) is 4.60. The summed E-state index contributed by atoms with van der Waals surface area (Å²) in [6, 6.07) is 0. The van der Waals surface area contributed by atoms with Crippen molar-refractivity contribution in [2.75, 3.05) is 26.2 Å². The maximum Gasteiger partial charge on any atom is 0.232 e. The molecule has 2 aliphatic rings. The molecule has 1 aliphatic carbocycles. The fourth-order valence-corrected chi connectivity index (χ4v) is 3.94. The molecule has 1 N–H and O–H groups in total. The van der Waals surface area contributed by atoms with Crippen molar-refractivity contribution < 1.29 is 4.52 Å². The smallest absolute Gasteiger partial charge is 0.232 e. The second-order valence-electron chi connectivity index (χ2n) is 7.13. The highest BCUT2D eigenvalue weighted by Gasteiger charge is 2.41. The monoisotopic (exact) mass is 292 g/mol. The number of hydrogen-bond donors (Lipinski definition) is 1. The highest BCUT2D eigenvalue weighted by Crippen LogP contribution is 2.44. The maximum absolute atomic E-state index is 5.69. The van der Waals surface area contributed by atoms with Gasteiger partial charge in [0, 0.05) is 31.6 Å². The van der Waals surface area contributed by atoms with Gasteiger partial charge in [-0.05, 0) is 25.2 Å². The zero-order chi connectivity index (χ0) is 14.7. The van der Waals surface area contributed by atoms with Gasteiger partial charge >= 0.3 is 0 Å². The van der Waals surface area contributed by atoms with Gasteiger partial charge in [0.1, 0.15) is 0 Å². The van der Waals surface area contributed by atoms with E-state index in [1.807, 2.05) is 0 Å². The van der Waals surface area contributed by atoms with Crippen LogP contribution in [0.25, 0.3) is 0 Å². The van der Waals surface area contributed by atoms with Crippen molar-refractivity contribution in [1.29, 1.82) is 0 Å². The normalized spacial score (nSPS) is 23.0. The molecule has 2 fully saturated rings. The van der Waals surface area contributed by atoms with Gasteiger partial charge in [-0.2, -0.15) is 4.98 Å². The molecule has 0 atom stereocenters. The van der Waals surface area contributed by atoms with Crippen LogP contribution in [-0.4, -0.2) is 41.2 Å². The zero-order valence-corrected chi connectivity index (χ0v) is 13.4. The minimum absolute atomic E-state index is 0.156. The second kappa shape index (κ2) is 6.44. The molecular weight excluding hydrogens is 264 g/mol. The molecular formula is C16H28N4O. The summed E-state index contributed by atoms with van der Waals surface area (Å²) in [4.78, 5) is 7.17. The van der Waals surface area contributed by atoms with E-state index >= 15 is 0 Å². The lowest BCUT2D eigenvalue weighted by Gasteiger charge is -2.27. The minimum Gasteiger partial charge on any atom is -0.339 e. The van der Waals surface area contributed by atoms with Crippen molar-refractivity contribution >= 4 is 0 Å². The molecule has 5 nitrogen and oxygen atoms in total. The SMILES string of the molecule is CC(C)CC1(c2nc(CN3CCNCC3)no2)CCCC1. The summed E-state index contributed by atoms with van der Waals surface area (Å²) in [6.07, 6.45) is 6.17. The van der Waals surface area contributed by atoms with E-state index in [0.717, 1.165) is 44.4 Å². The van der Waals surface area contributed by atoms with Crippen molar-refractivity contribution in [1.82, 2.24) is 20.4 Å². The van der Waals surface area contributed by atoms with Gasteiger partial charge in [-0.25, -0.2) is 0 Å². The molecule has 21 heavy (non-hydrogen) atoms. The molecule has 2 heterocycles. The minimum atomic E-state index is 0.156. The molecule has 1 aromatic rings. The van der Waals surface area contributed by atoms with Crippen LogP contribution in [0, 0.1) is 5.92 Å². The summed E-state index contributed by atoms with van der Waals surface area (Å²) in [6.45, 7) is 9.66. The standard InChI is InChI=1S/C16H28N4O/c1-13(2)11-16(5-3-4-6-16)15-18-14(19-21-15)12-20-9-7-17-8-10-20/h13,17H,3-12H2,1-2H3. The average molecular weight is 292 g/mol. The summed E-state index contributed by atoms with van der Waals surface area (Å²) in [7, 11) is 0. The zero-order valence-electron chi connectivity index (χ0n) is 13.4. The number of hydrogen-bond acceptors (Lipinski definition) is 5. The largest absolute Gasteiger partial charge is 0.339 e. The molecule has 1 saturated heterocycles. The Morgan fingerprint density at radius 1 is 1.24 bits per heavy atom. The number of nitrogens with one attached hydrogen (secondary N) is 1. The van der Waals surface area contributed by atoms with Crippen LogP contribution in [0.4, 0.5) is 0 Å². The van der Waals surface area contributed by atoms with E-state index in [4.69, 9.17) is 9.51 Å². The lowest BCUT2D eigenvalue weighted by molar-refractivity contribution is 0.222. The molecule has 5 heteroatoms. The van der Waals surface area contributed by atoms with Crippen LogP contribution in [0.1, 0.15) is 57.7 Å². The molecule has 0 aromatic carbocycles. The van der Waals surface area contributed by atoms with Crippen molar-refractivity contribution in [3.63, 3.8) is 0 Å². The van der Waals surface area contributed by atoms with Gasteiger partial charge in [0.2, 0.25) is 5.89 Å². The van der Waals surface area contributed by atoms with Crippen molar-refractivity contribution in [3.05, 3.63) is 11.7 Å². The van der Waals surface area contributed by atoms with Gasteiger partial charge in [-0.1, -0.05) is 31.8 Å². The van der Waals surface area contributed by atoms with Gasteiger partial charge in [-0.3, -0.25) is 4.90 Å². The number of nitrogens with zero attached hydrogens (tertiary/aromatic N) is 3. The van der Waals surface area contributed by atoms with Crippen LogP contribution in [0.15, 0.2) is 4.52 Å². The Morgan fingerprint density at radius 3 is 2.62 bits per heavy atom. The van der Waals surface area contributed by atoms with E-state index < -0.39 is 0 Å². The van der Waals surface area contributed by atoms with Crippen LogP contribution in [0.5, 0.6) is 0 Å². The molecule has 3 rings (SSSR count). The Morgan fingerprint density at radius 2 is 1.95 bits per heavy atom. The highest BCUT2D eigenvalue weighted by molar-refractivity contribution is 5.08. The summed E-state index contributed by atoms with van der Waals surface area (Å²) in [5.74, 6) is 2.44. The molecule has 118 valence electrons. The highest BCUT2D eigenvalue weighted by atomic mass is 16.5. The molecule has 0 unspecified atom stereocenters. The molecule has 0 spiro atoms. The van der Waals surface area contributed by atoms with Crippen molar-refractivity contribution in [2.24, 2.45) is 5.92 Å². The third-order valence-electron chi connectivity index (χ3n) is 4.86. The summed E-state index contributed by atoms with van der Waals surface area (Å²) in [5, 5.41) is 7.63. The van der Waals surface area contributed by atoms with Crippen LogP contribution < -0.4 is 5.32 Å². The summed E-state index contributed by atoms with van der Waals surface area (Å²) < 4.78 is 5.69. The Hall–Kier alpha value is -0.940. The third kappa shape index (κ3) is 3.46.